The summed E-state index contributed by atoms with van der Waals surface area (Å²) in [6.45, 7) is 2.31. The molecular formula is C15H18N2O4. The lowest BCUT2D eigenvalue weighted by Crippen LogP contribution is -2.44. The Balaban J connectivity index is 1.73. The van der Waals surface area contributed by atoms with Crippen LogP contribution >= 0.6 is 0 Å². The van der Waals surface area contributed by atoms with Crippen molar-refractivity contribution in [2.45, 2.75) is 38.0 Å². The maximum absolute atomic E-state index is 12.3. The number of carboxylic acid groups (broad SMARTS) is 1. The van der Waals surface area contributed by atoms with Crippen molar-refractivity contribution >= 4 is 12.0 Å². The molecule has 3 rings (SSSR count). The summed E-state index contributed by atoms with van der Waals surface area (Å²) in [5, 5.41) is 10.5. The van der Waals surface area contributed by atoms with E-state index in [9.17, 15) is 9.59 Å². The van der Waals surface area contributed by atoms with Crippen LogP contribution in [0.1, 0.15) is 31.4 Å². The molecule has 0 unspecified atom stereocenters. The molecule has 2 saturated heterocycles. The third-order valence-corrected chi connectivity index (χ3v) is 4.15. The molecule has 2 fully saturated rings. The van der Waals surface area contributed by atoms with Gasteiger partial charge in [0.25, 0.3) is 0 Å². The third kappa shape index (κ3) is 2.47. The highest BCUT2D eigenvalue weighted by molar-refractivity contribution is 5.84. The van der Waals surface area contributed by atoms with E-state index in [0.717, 1.165) is 5.56 Å². The fourth-order valence-electron chi connectivity index (χ4n) is 2.98. The molecule has 0 radical (unpaired) electrons. The highest BCUT2D eigenvalue weighted by Gasteiger charge is 2.48. The molecule has 3 atom stereocenters. The number of hydroxylamine groups is 2. The molecule has 2 heterocycles. The Morgan fingerprint density at radius 2 is 2.05 bits per heavy atom. The topological polar surface area (TPSA) is 70.1 Å². The zero-order chi connectivity index (χ0) is 15.0. The van der Waals surface area contributed by atoms with Gasteiger partial charge in [0.15, 0.2) is 0 Å². The molecule has 0 aromatic heterocycles. The summed E-state index contributed by atoms with van der Waals surface area (Å²) < 4.78 is 0. The molecule has 2 bridgehead atoms. The van der Waals surface area contributed by atoms with Crippen molar-refractivity contribution in [1.82, 2.24) is 9.96 Å². The number of carboxylic acids is 1. The number of fused-ring (bicyclic) bond motifs is 2. The molecule has 0 spiro atoms. The largest absolute Gasteiger partial charge is 0.480 e. The van der Waals surface area contributed by atoms with Gasteiger partial charge in [-0.3, -0.25) is 4.84 Å². The molecule has 2 aliphatic heterocycles. The van der Waals surface area contributed by atoms with Crippen molar-refractivity contribution in [3.63, 3.8) is 0 Å². The normalized spacial score (nSPS) is 26.0. The summed E-state index contributed by atoms with van der Waals surface area (Å²) in [5.74, 6) is -0.945. The number of hydrogen-bond acceptors (Lipinski definition) is 3. The van der Waals surface area contributed by atoms with Crippen molar-refractivity contribution < 1.29 is 19.5 Å². The van der Waals surface area contributed by atoms with Gasteiger partial charge in [0.05, 0.1) is 6.04 Å². The fourth-order valence-corrected chi connectivity index (χ4v) is 2.98. The molecule has 112 valence electrons. The van der Waals surface area contributed by atoms with Crippen LogP contribution in [0, 0.1) is 0 Å². The van der Waals surface area contributed by atoms with Crippen molar-refractivity contribution in [3.8, 4) is 0 Å². The number of piperidine rings is 1. The van der Waals surface area contributed by atoms with Crippen LogP contribution in [0.4, 0.5) is 4.79 Å². The van der Waals surface area contributed by atoms with Crippen LogP contribution in [-0.4, -0.2) is 45.7 Å². The predicted molar refractivity (Wildman–Crippen MR) is 74.3 cm³/mol. The first-order valence-electron chi connectivity index (χ1n) is 7.12. The highest BCUT2D eigenvalue weighted by atomic mass is 16.7. The molecule has 0 aliphatic carbocycles. The average Bonchev–Trinajstić information content (AvgIpc) is 2.73. The van der Waals surface area contributed by atoms with Gasteiger partial charge in [0.1, 0.15) is 12.1 Å². The van der Waals surface area contributed by atoms with E-state index >= 15 is 0 Å². The van der Waals surface area contributed by atoms with Crippen LogP contribution in [0.25, 0.3) is 0 Å². The highest BCUT2D eigenvalue weighted by Crippen LogP contribution is 2.32. The Hall–Kier alpha value is -2.08. The first-order chi connectivity index (χ1) is 10.1. The van der Waals surface area contributed by atoms with Gasteiger partial charge in [-0.2, -0.15) is 5.06 Å². The number of rotatable bonds is 4. The number of urea groups is 1. The van der Waals surface area contributed by atoms with Crippen LogP contribution in [0.15, 0.2) is 30.3 Å². The lowest BCUT2D eigenvalue weighted by molar-refractivity contribution is -0.168. The summed E-state index contributed by atoms with van der Waals surface area (Å²) in [4.78, 5) is 30.7. The van der Waals surface area contributed by atoms with E-state index in [-0.39, 0.29) is 18.2 Å². The van der Waals surface area contributed by atoms with E-state index in [1.54, 1.807) is 0 Å². The predicted octanol–water partition coefficient (Wildman–Crippen LogP) is 2.03. The average molecular weight is 290 g/mol. The van der Waals surface area contributed by atoms with E-state index in [1.165, 1.54) is 9.96 Å². The van der Waals surface area contributed by atoms with Crippen molar-refractivity contribution in [2.75, 3.05) is 6.54 Å². The number of carbonyl (C=O) groups is 2. The van der Waals surface area contributed by atoms with E-state index in [0.29, 0.717) is 19.4 Å². The Kier molecular flexibility index (Phi) is 3.55. The first kappa shape index (κ1) is 13.9. The first-order valence-corrected chi connectivity index (χ1v) is 7.12. The monoisotopic (exact) mass is 290 g/mol. The second kappa shape index (κ2) is 5.37. The Morgan fingerprint density at radius 3 is 2.71 bits per heavy atom. The van der Waals surface area contributed by atoms with Gasteiger partial charge in [-0.05, 0) is 25.3 Å². The van der Waals surface area contributed by atoms with Crippen LogP contribution in [0.5, 0.6) is 0 Å². The Labute approximate surface area is 122 Å². The molecule has 1 N–H and O–H groups in total. The van der Waals surface area contributed by atoms with Crippen molar-refractivity contribution in [3.05, 3.63) is 35.9 Å². The number of nitrogens with zero attached hydrogens (tertiary/aromatic N) is 2. The van der Waals surface area contributed by atoms with Gasteiger partial charge in [0.2, 0.25) is 0 Å². The van der Waals surface area contributed by atoms with Gasteiger partial charge in [-0.1, -0.05) is 30.3 Å². The van der Waals surface area contributed by atoms with Gasteiger partial charge < -0.3 is 10.0 Å². The van der Waals surface area contributed by atoms with Crippen LogP contribution in [0.3, 0.4) is 0 Å². The van der Waals surface area contributed by atoms with Gasteiger partial charge >= 0.3 is 12.0 Å². The summed E-state index contributed by atoms with van der Waals surface area (Å²) >= 11 is 0. The maximum Gasteiger partial charge on any atom is 0.345 e. The summed E-state index contributed by atoms with van der Waals surface area (Å²) in [6, 6.07) is 8.52. The zero-order valence-corrected chi connectivity index (χ0v) is 11.8. The molecule has 1 aromatic rings. The maximum atomic E-state index is 12.3. The Bertz CT molecular complexity index is 548. The zero-order valence-electron chi connectivity index (χ0n) is 11.8. The van der Waals surface area contributed by atoms with Crippen LogP contribution in [-0.2, 0) is 9.63 Å². The van der Waals surface area contributed by atoms with Gasteiger partial charge in [0, 0.05) is 6.54 Å². The number of carbonyl (C=O) groups excluding carboxylic acids is 1. The second-order valence-corrected chi connectivity index (χ2v) is 5.50. The van der Waals surface area contributed by atoms with E-state index in [2.05, 4.69) is 0 Å². The molecule has 6 nitrogen and oxygen atoms in total. The van der Waals surface area contributed by atoms with E-state index in [4.69, 9.17) is 9.94 Å². The lowest BCUT2D eigenvalue weighted by Gasteiger charge is -2.27. The quantitative estimate of drug-likeness (QED) is 0.921. The molecule has 6 heteroatoms. The summed E-state index contributed by atoms with van der Waals surface area (Å²) in [6.07, 6.45) is 0.880. The standard InChI is InChI=1S/C15H18N2O4/c1-10(11-5-3-2-4-6-11)21-17-12-7-8-13(14(18)19)16(9-12)15(17)20/h2-6,10,12-13H,7-9H2,1H3,(H,18,19)/t10-,12-,13+/m1/s1. The summed E-state index contributed by atoms with van der Waals surface area (Å²) in [5.41, 5.74) is 0.983. The second-order valence-electron chi connectivity index (χ2n) is 5.50. The van der Waals surface area contributed by atoms with E-state index in [1.807, 2.05) is 37.3 Å². The van der Waals surface area contributed by atoms with Gasteiger partial charge in [-0.25, -0.2) is 9.59 Å². The fraction of sp³-hybridized carbons (Fsp3) is 0.467. The molecule has 0 saturated carbocycles. The third-order valence-electron chi connectivity index (χ3n) is 4.15. The summed E-state index contributed by atoms with van der Waals surface area (Å²) in [7, 11) is 0. The smallest absolute Gasteiger partial charge is 0.345 e. The number of amides is 2. The van der Waals surface area contributed by atoms with Crippen LogP contribution < -0.4 is 0 Å². The van der Waals surface area contributed by atoms with Crippen molar-refractivity contribution in [1.29, 1.82) is 0 Å². The lowest BCUT2D eigenvalue weighted by atomic mass is 10.0. The minimum Gasteiger partial charge on any atom is -0.480 e. The van der Waals surface area contributed by atoms with Gasteiger partial charge in [-0.15, -0.1) is 0 Å². The number of aliphatic carboxylic acids is 1. The number of hydrogen-bond donors (Lipinski definition) is 1. The number of benzene rings is 1. The molecule has 2 aliphatic rings. The molecule has 21 heavy (non-hydrogen) atoms. The Morgan fingerprint density at radius 1 is 1.33 bits per heavy atom. The SMILES string of the molecule is C[C@@H](ON1C(=O)N2C[C@H]1CC[C@H]2C(=O)O)c1ccccc1. The van der Waals surface area contributed by atoms with Crippen molar-refractivity contribution in [2.24, 2.45) is 0 Å². The molecule has 1 aromatic carbocycles. The molecule has 2 amide bonds. The minimum atomic E-state index is -0.945. The minimum absolute atomic E-state index is 0.0562. The van der Waals surface area contributed by atoms with E-state index < -0.39 is 12.0 Å². The van der Waals surface area contributed by atoms with Crippen LogP contribution in [0.2, 0.25) is 0 Å². The molecular weight excluding hydrogens is 272 g/mol.